The van der Waals surface area contributed by atoms with Crippen LogP contribution >= 0.6 is 22.7 Å². The van der Waals surface area contributed by atoms with Gasteiger partial charge in [0.2, 0.25) is 0 Å². The zero-order valence-corrected chi connectivity index (χ0v) is 24.7. The van der Waals surface area contributed by atoms with Gasteiger partial charge in [-0.1, -0.05) is 29.4 Å². The zero-order chi connectivity index (χ0) is 28.6. The number of nitrogens with two attached hydrogens (primary N) is 1. The van der Waals surface area contributed by atoms with Crippen molar-refractivity contribution in [2.24, 2.45) is 0 Å². The molecule has 0 spiro atoms. The lowest BCUT2D eigenvalue weighted by Gasteiger charge is -2.07. The lowest BCUT2D eigenvalue weighted by Crippen LogP contribution is -2.02. The highest BCUT2D eigenvalue weighted by molar-refractivity contribution is 7.88. The minimum absolute atomic E-state index is 0.0230. The molecule has 0 radical (unpaired) electrons. The molecule has 0 aliphatic carbocycles. The van der Waals surface area contributed by atoms with Crippen LogP contribution in [-0.4, -0.2) is 32.9 Å². The number of benzene rings is 1. The van der Waals surface area contributed by atoms with E-state index in [9.17, 15) is 13.0 Å². The fourth-order valence-electron chi connectivity index (χ4n) is 4.45. The summed E-state index contributed by atoms with van der Waals surface area (Å²) in [6, 6.07) is 17.4. The van der Waals surface area contributed by atoms with Crippen molar-refractivity contribution in [1.82, 2.24) is 19.9 Å². The molecule has 0 unspecified atom stereocenters. The largest absolute Gasteiger partial charge is 0.381 e. The molecular weight excluding hydrogens is 567 g/mol. The summed E-state index contributed by atoms with van der Waals surface area (Å²) >= 11 is 2.79. The molecule has 5 heterocycles. The van der Waals surface area contributed by atoms with Gasteiger partial charge in [-0.25, -0.2) is 0 Å². The van der Waals surface area contributed by atoms with E-state index in [2.05, 4.69) is 39.8 Å². The monoisotopic (exact) mass is 593 g/mol. The molecule has 0 bridgehead atoms. The Labute approximate surface area is 239 Å². The van der Waals surface area contributed by atoms with Gasteiger partial charge in [-0.3, -0.25) is 14.2 Å². The molecule has 6 aromatic rings. The van der Waals surface area contributed by atoms with E-state index in [0.29, 0.717) is 17.9 Å². The van der Waals surface area contributed by atoms with Crippen LogP contribution in [0.15, 0.2) is 69.6 Å². The van der Waals surface area contributed by atoms with Crippen molar-refractivity contribution < 1.29 is 17.5 Å². The van der Waals surface area contributed by atoms with Gasteiger partial charge in [-0.2, -0.15) is 13.5 Å². The fraction of sp³-hybridized carbons (Fsp3) is 0.179. The van der Waals surface area contributed by atoms with Crippen molar-refractivity contribution in [3.63, 3.8) is 0 Å². The predicted molar refractivity (Wildman–Crippen MR) is 159 cm³/mol. The number of hydrogen-bond acceptors (Lipinski definition) is 9. The standard InChI is InChI=1S/C25H23N3O3S3.C3H4N2O/c1-14-11-21-23(17(4)26-14)24(22-10-5-15(2)32-22)27-28(21)13-18-6-8-19(9-7-18)20-12-16(3)33-25(20)34(29,30)31;4-3-1-2-6-5-3/h5-12H,13H2,1-4H3,(H,29,30,31);1-2H,(H2,4,5). The number of hydrogen-bond donors (Lipinski definition) is 2. The molecule has 0 aliphatic rings. The van der Waals surface area contributed by atoms with Crippen LogP contribution in [0.4, 0.5) is 5.82 Å². The SMILES string of the molecule is Cc1cc2c(c(C)n1)c(-c1ccc(C)s1)nn2Cc1ccc(-c2cc(C)sc2S(=O)(=O)O)cc1.Nc1ccon1. The Hall–Kier alpha value is -3.84. The molecule has 0 saturated heterocycles. The molecular formula is C28H27N5O4S3. The smallest absolute Gasteiger partial charge is 0.304 e. The summed E-state index contributed by atoms with van der Waals surface area (Å²) < 4.78 is 39.5. The van der Waals surface area contributed by atoms with Crippen molar-refractivity contribution in [2.45, 2.75) is 38.4 Å². The van der Waals surface area contributed by atoms with Gasteiger partial charge < -0.3 is 10.3 Å². The second kappa shape index (κ2) is 11.0. The second-order valence-corrected chi connectivity index (χ2v) is 13.5. The van der Waals surface area contributed by atoms with Gasteiger partial charge in [0.25, 0.3) is 0 Å². The molecule has 0 atom stereocenters. The van der Waals surface area contributed by atoms with Crippen molar-refractivity contribution in [3.8, 4) is 21.7 Å². The molecule has 9 nitrogen and oxygen atoms in total. The summed E-state index contributed by atoms with van der Waals surface area (Å²) in [4.78, 5) is 7.85. The quantitative estimate of drug-likeness (QED) is 0.211. The van der Waals surface area contributed by atoms with Gasteiger partial charge in [-0.15, -0.1) is 22.7 Å². The van der Waals surface area contributed by atoms with Crippen LogP contribution in [0.3, 0.4) is 0 Å². The van der Waals surface area contributed by atoms with Gasteiger partial charge in [0.15, 0.2) is 10.0 Å². The first-order chi connectivity index (χ1) is 19.0. The third-order valence-corrected chi connectivity index (χ3v) is 9.55. The Kier molecular flexibility index (Phi) is 7.60. The van der Waals surface area contributed by atoms with Crippen LogP contribution in [0.2, 0.25) is 0 Å². The normalized spacial score (nSPS) is 11.5. The third-order valence-electron chi connectivity index (χ3n) is 6.13. The summed E-state index contributed by atoms with van der Waals surface area (Å²) in [6.07, 6.45) is 1.43. The zero-order valence-electron chi connectivity index (χ0n) is 22.2. The maximum absolute atomic E-state index is 11.8. The lowest BCUT2D eigenvalue weighted by atomic mass is 10.1. The number of thiophene rings is 2. The minimum atomic E-state index is -4.27. The molecule has 206 valence electrons. The number of fused-ring (bicyclic) bond motifs is 1. The molecule has 0 fully saturated rings. The summed E-state index contributed by atoms with van der Waals surface area (Å²) in [5.41, 5.74) is 11.3. The summed E-state index contributed by atoms with van der Waals surface area (Å²) in [6.45, 7) is 8.49. The number of aryl methyl sites for hydroxylation is 4. The molecule has 40 heavy (non-hydrogen) atoms. The predicted octanol–water partition coefficient (Wildman–Crippen LogP) is 6.67. The van der Waals surface area contributed by atoms with Crippen molar-refractivity contribution in [3.05, 3.63) is 87.6 Å². The van der Waals surface area contributed by atoms with E-state index < -0.39 is 10.1 Å². The summed E-state index contributed by atoms with van der Waals surface area (Å²) in [5.74, 6) is 0.426. The second-order valence-electron chi connectivity index (χ2n) is 9.31. The van der Waals surface area contributed by atoms with E-state index in [-0.39, 0.29) is 4.21 Å². The Morgan fingerprint density at radius 1 is 0.975 bits per heavy atom. The van der Waals surface area contributed by atoms with E-state index in [4.69, 9.17) is 10.8 Å². The average Bonchev–Trinajstić information content (AvgIpc) is 3.68. The van der Waals surface area contributed by atoms with Crippen LogP contribution in [0.25, 0.3) is 32.6 Å². The van der Waals surface area contributed by atoms with E-state index in [0.717, 1.165) is 60.2 Å². The van der Waals surface area contributed by atoms with Crippen molar-refractivity contribution in [1.29, 1.82) is 0 Å². The van der Waals surface area contributed by atoms with E-state index >= 15 is 0 Å². The lowest BCUT2D eigenvalue weighted by molar-refractivity contribution is 0.423. The molecule has 3 N–H and O–H groups in total. The third kappa shape index (κ3) is 5.85. The van der Waals surface area contributed by atoms with Crippen LogP contribution < -0.4 is 5.73 Å². The molecule has 6 rings (SSSR count). The molecule has 1 aromatic carbocycles. The number of pyridine rings is 1. The number of nitrogen functional groups attached to an aromatic ring is 1. The Morgan fingerprint density at radius 2 is 1.73 bits per heavy atom. The maximum atomic E-state index is 11.8. The molecule has 0 aliphatic heterocycles. The first-order valence-electron chi connectivity index (χ1n) is 12.2. The highest BCUT2D eigenvalue weighted by Crippen LogP contribution is 2.36. The Balaban J connectivity index is 0.000000477. The van der Waals surface area contributed by atoms with Gasteiger partial charge in [0.05, 0.1) is 22.3 Å². The maximum Gasteiger partial charge on any atom is 0.304 e. The summed E-state index contributed by atoms with van der Waals surface area (Å²) in [5, 5.41) is 9.36. The highest BCUT2D eigenvalue weighted by atomic mass is 32.3. The number of nitrogens with zero attached hydrogens (tertiary/aromatic N) is 4. The van der Waals surface area contributed by atoms with Crippen molar-refractivity contribution >= 4 is 49.5 Å². The van der Waals surface area contributed by atoms with E-state index in [1.54, 1.807) is 23.5 Å². The van der Waals surface area contributed by atoms with Crippen LogP contribution in [0.5, 0.6) is 0 Å². The van der Waals surface area contributed by atoms with Crippen LogP contribution in [-0.2, 0) is 16.7 Å². The highest BCUT2D eigenvalue weighted by Gasteiger charge is 2.21. The average molecular weight is 594 g/mol. The van der Waals surface area contributed by atoms with Gasteiger partial charge in [0, 0.05) is 32.8 Å². The van der Waals surface area contributed by atoms with Crippen LogP contribution in [0.1, 0.15) is 26.7 Å². The summed E-state index contributed by atoms with van der Waals surface area (Å²) in [7, 11) is -4.27. The van der Waals surface area contributed by atoms with E-state index in [1.807, 2.05) is 49.7 Å². The van der Waals surface area contributed by atoms with Gasteiger partial charge in [0.1, 0.15) is 12.0 Å². The molecule has 5 aromatic heterocycles. The number of rotatable bonds is 5. The van der Waals surface area contributed by atoms with Crippen LogP contribution in [0, 0.1) is 27.7 Å². The number of anilines is 1. The van der Waals surface area contributed by atoms with E-state index in [1.165, 1.54) is 11.1 Å². The molecule has 12 heteroatoms. The number of aromatic nitrogens is 4. The topological polar surface area (TPSA) is 137 Å². The van der Waals surface area contributed by atoms with Gasteiger partial charge >= 0.3 is 10.1 Å². The first-order valence-corrected chi connectivity index (χ1v) is 15.3. The van der Waals surface area contributed by atoms with Crippen molar-refractivity contribution in [2.75, 3.05) is 5.73 Å². The minimum Gasteiger partial charge on any atom is -0.381 e. The molecule has 0 amide bonds. The Bertz CT molecular complexity index is 1900. The fourth-order valence-corrected chi connectivity index (χ4v) is 7.34. The Morgan fingerprint density at radius 3 is 2.30 bits per heavy atom. The first kappa shape index (κ1) is 27.7. The molecule has 0 saturated carbocycles. The van der Waals surface area contributed by atoms with Gasteiger partial charge in [-0.05, 0) is 63.1 Å².